The van der Waals surface area contributed by atoms with E-state index in [2.05, 4.69) is 12.1 Å². The highest BCUT2D eigenvalue weighted by Gasteiger charge is 2.24. The first kappa shape index (κ1) is 14.6. The molecule has 1 heterocycles. The van der Waals surface area contributed by atoms with Crippen LogP contribution in [-0.4, -0.2) is 23.6 Å². The number of aryl methyl sites for hydroxylation is 2. The molecule has 4 nitrogen and oxygen atoms in total. The summed E-state index contributed by atoms with van der Waals surface area (Å²) in [5.74, 6) is -0.277. The number of esters is 1. The van der Waals surface area contributed by atoms with Crippen LogP contribution in [0, 0.1) is 0 Å². The second kappa shape index (κ2) is 5.79. The van der Waals surface area contributed by atoms with Crippen molar-refractivity contribution in [3.63, 3.8) is 0 Å². The minimum atomic E-state index is -0.255. The Morgan fingerprint density at radius 3 is 2.64 bits per heavy atom. The van der Waals surface area contributed by atoms with Crippen LogP contribution in [0.1, 0.15) is 35.0 Å². The lowest BCUT2D eigenvalue weighted by atomic mass is 9.86. The molecule has 0 N–H and O–H groups in total. The van der Waals surface area contributed by atoms with Gasteiger partial charge >= 0.3 is 5.97 Å². The van der Waals surface area contributed by atoms with E-state index >= 15 is 0 Å². The molecule has 0 spiro atoms. The van der Waals surface area contributed by atoms with Gasteiger partial charge in [0.25, 0.3) is 0 Å². The molecule has 0 aliphatic heterocycles. The third-order valence-corrected chi connectivity index (χ3v) is 4.27. The third kappa shape index (κ3) is 2.45. The number of hydrogen-bond donors (Lipinski definition) is 0. The van der Waals surface area contributed by atoms with E-state index in [9.17, 15) is 9.59 Å². The maximum atomic E-state index is 12.0. The van der Waals surface area contributed by atoms with E-state index in [1.54, 1.807) is 11.5 Å². The summed E-state index contributed by atoms with van der Waals surface area (Å²) in [5.41, 5.74) is 5.72. The largest absolute Gasteiger partial charge is 0.469 e. The fourth-order valence-corrected chi connectivity index (χ4v) is 3.22. The van der Waals surface area contributed by atoms with Crippen LogP contribution in [0.4, 0.5) is 0 Å². The number of aromatic nitrogens is 1. The third-order valence-electron chi connectivity index (χ3n) is 4.27. The van der Waals surface area contributed by atoms with Crippen molar-refractivity contribution in [3.8, 4) is 11.1 Å². The average molecular weight is 297 g/mol. The molecule has 0 saturated heterocycles. The Bertz CT molecular complexity index is 743. The van der Waals surface area contributed by atoms with Crippen molar-refractivity contribution in [2.24, 2.45) is 0 Å². The van der Waals surface area contributed by atoms with E-state index in [0.29, 0.717) is 6.42 Å². The first-order valence-electron chi connectivity index (χ1n) is 7.51. The molecule has 1 aromatic heterocycles. The van der Waals surface area contributed by atoms with Gasteiger partial charge in [-0.25, -0.2) is 0 Å². The number of methoxy groups -OCH3 is 1. The van der Waals surface area contributed by atoms with Gasteiger partial charge in [0.2, 0.25) is 5.91 Å². The van der Waals surface area contributed by atoms with Gasteiger partial charge < -0.3 is 4.74 Å². The van der Waals surface area contributed by atoms with E-state index in [-0.39, 0.29) is 18.3 Å². The quantitative estimate of drug-likeness (QED) is 0.818. The number of carbonyl (C=O) groups excluding carboxylic acids is 2. The number of fused-ring (bicyclic) bond motifs is 3. The summed E-state index contributed by atoms with van der Waals surface area (Å²) in [4.78, 5) is 23.4. The van der Waals surface area contributed by atoms with E-state index in [0.717, 1.165) is 24.1 Å². The predicted octanol–water partition coefficient (Wildman–Crippen LogP) is 3.02. The van der Waals surface area contributed by atoms with Crippen molar-refractivity contribution in [1.29, 1.82) is 0 Å². The van der Waals surface area contributed by atoms with Crippen molar-refractivity contribution in [3.05, 3.63) is 47.3 Å². The first-order chi connectivity index (χ1) is 10.6. The van der Waals surface area contributed by atoms with Crippen LogP contribution >= 0.6 is 0 Å². The molecule has 2 aromatic rings. The van der Waals surface area contributed by atoms with Crippen molar-refractivity contribution >= 4 is 11.9 Å². The molecule has 0 bridgehead atoms. The van der Waals surface area contributed by atoms with Gasteiger partial charge in [0.1, 0.15) is 0 Å². The highest BCUT2D eigenvalue weighted by molar-refractivity contribution is 5.84. The maximum Gasteiger partial charge on any atom is 0.305 e. The van der Waals surface area contributed by atoms with Gasteiger partial charge in [-0.1, -0.05) is 24.3 Å². The molecule has 1 aliphatic rings. The van der Waals surface area contributed by atoms with Crippen LogP contribution in [0.15, 0.2) is 30.5 Å². The number of nitrogens with zero attached hydrogens (tertiary/aromatic N) is 1. The Morgan fingerprint density at radius 2 is 1.91 bits per heavy atom. The molecule has 0 unspecified atom stereocenters. The Hall–Kier alpha value is -2.36. The monoisotopic (exact) mass is 297 g/mol. The lowest BCUT2D eigenvalue weighted by molar-refractivity contribution is -0.140. The van der Waals surface area contributed by atoms with Crippen LogP contribution in [0.25, 0.3) is 11.1 Å². The van der Waals surface area contributed by atoms with Gasteiger partial charge in [-0.2, -0.15) is 0 Å². The van der Waals surface area contributed by atoms with Crippen LogP contribution in [0.2, 0.25) is 0 Å². The standard InChI is InChI=1S/C18H19NO3/c1-12(20)19-11-14-8-7-13-5-3-4-6-15(13)18(14)16(19)9-10-17(21)22-2/h3-6,11H,7-10H2,1-2H3. The molecule has 4 heteroatoms. The highest BCUT2D eigenvalue weighted by Crippen LogP contribution is 2.37. The molecule has 3 rings (SSSR count). The lowest BCUT2D eigenvalue weighted by Gasteiger charge is -2.18. The summed E-state index contributed by atoms with van der Waals surface area (Å²) in [6.07, 6.45) is 4.64. The van der Waals surface area contributed by atoms with Gasteiger partial charge in [0.05, 0.1) is 13.5 Å². The molecule has 0 radical (unpaired) electrons. The normalized spacial score (nSPS) is 12.5. The zero-order valence-electron chi connectivity index (χ0n) is 12.9. The topological polar surface area (TPSA) is 48.3 Å². The molecule has 1 aromatic carbocycles. The zero-order valence-corrected chi connectivity index (χ0v) is 12.9. The maximum absolute atomic E-state index is 12.0. The summed E-state index contributed by atoms with van der Waals surface area (Å²) >= 11 is 0. The van der Waals surface area contributed by atoms with Gasteiger partial charge in [-0.05, 0) is 36.0 Å². The van der Waals surface area contributed by atoms with E-state index in [4.69, 9.17) is 4.74 Å². The SMILES string of the molecule is COC(=O)CCc1c2c(cn1C(C)=O)CCc1ccccc1-2. The van der Waals surface area contributed by atoms with Gasteiger partial charge in [-0.15, -0.1) is 0 Å². The summed E-state index contributed by atoms with van der Waals surface area (Å²) < 4.78 is 6.42. The van der Waals surface area contributed by atoms with Crippen LogP contribution in [0.3, 0.4) is 0 Å². The van der Waals surface area contributed by atoms with Gasteiger partial charge in [0, 0.05) is 24.4 Å². The molecule has 0 saturated carbocycles. The minimum absolute atomic E-state index is 0.0215. The second-order valence-electron chi connectivity index (χ2n) is 5.60. The highest BCUT2D eigenvalue weighted by atomic mass is 16.5. The molecule has 0 amide bonds. The summed E-state index contributed by atoms with van der Waals surface area (Å²) in [5, 5.41) is 0. The van der Waals surface area contributed by atoms with Crippen molar-refractivity contribution in [1.82, 2.24) is 4.57 Å². The first-order valence-corrected chi connectivity index (χ1v) is 7.51. The molecule has 0 atom stereocenters. The molecule has 1 aliphatic carbocycles. The van der Waals surface area contributed by atoms with Crippen LogP contribution in [-0.2, 0) is 28.8 Å². The molecule has 22 heavy (non-hydrogen) atoms. The molecular formula is C18H19NO3. The molecule has 0 fully saturated rings. The van der Waals surface area contributed by atoms with E-state index in [1.165, 1.54) is 23.8 Å². The fraction of sp³-hybridized carbons (Fsp3) is 0.333. The summed E-state index contributed by atoms with van der Waals surface area (Å²) in [7, 11) is 1.39. The van der Waals surface area contributed by atoms with Crippen LogP contribution < -0.4 is 0 Å². The van der Waals surface area contributed by atoms with E-state index < -0.39 is 0 Å². The van der Waals surface area contributed by atoms with Gasteiger partial charge in [-0.3, -0.25) is 14.2 Å². The second-order valence-corrected chi connectivity index (χ2v) is 5.60. The molecular weight excluding hydrogens is 278 g/mol. The fourth-order valence-electron chi connectivity index (χ4n) is 3.22. The summed E-state index contributed by atoms with van der Waals surface area (Å²) in [6, 6.07) is 8.29. The number of benzene rings is 1. The number of carbonyl (C=O) groups is 2. The Morgan fingerprint density at radius 1 is 1.18 bits per heavy atom. The smallest absolute Gasteiger partial charge is 0.305 e. The zero-order chi connectivity index (χ0) is 15.7. The molecule has 114 valence electrons. The number of ether oxygens (including phenoxy) is 1. The van der Waals surface area contributed by atoms with E-state index in [1.807, 2.05) is 18.3 Å². The Balaban J connectivity index is 2.10. The van der Waals surface area contributed by atoms with Crippen molar-refractivity contribution in [2.75, 3.05) is 7.11 Å². The van der Waals surface area contributed by atoms with Gasteiger partial charge in [0.15, 0.2) is 0 Å². The average Bonchev–Trinajstić information content (AvgIpc) is 2.92. The minimum Gasteiger partial charge on any atom is -0.469 e. The number of rotatable bonds is 3. The Kier molecular flexibility index (Phi) is 3.84. The van der Waals surface area contributed by atoms with Crippen molar-refractivity contribution in [2.45, 2.75) is 32.6 Å². The predicted molar refractivity (Wildman–Crippen MR) is 83.9 cm³/mol. The number of hydrogen-bond acceptors (Lipinski definition) is 3. The van der Waals surface area contributed by atoms with Crippen molar-refractivity contribution < 1.29 is 14.3 Å². The lowest BCUT2D eigenvalue weighted by Crippen LogP contribution is -2.12. The Labute approximate surface area is 129 Å². The van der Waals surface area contributed by atoms with Crippen LogP contribution in [0.5, 0.6) is 0 Å². The summed E-state index contributed by atoms with van der Waals surface area (Å²) in [6.45, 7) is 1.55.